The van der Waals surface area contributed by atoms with Gasteiger partial charge in [0.1, 0.15) is 17.4 Å². The first-order chi connectivity index (χ1) is 14.8. The van der Waals surface area contributed by atoms with Crippen LogP contribution in [0.3, 0.4) is 0 Å². The van der Waals surface area contributed by atoms with Crippen LogP contribution in [-0.4, -0.2) is 29.8 Å². The number of nitrogens with zero attached hydrogens (tertiary/aromatic N) is 2. The average Bonchev–Trinajstić information content (AvgIpc) is 3.21. The molecule has 0 saturated heterocycles. The van der Waals surface area contributed by atoms with E-state index < -0.39 is 0 Å². The molecule has 0 aliphatic carbocycles. The number of fused-ring (bicyclic) bond motifs is 1. The molecule has 0 radical (unpaired) electrons. The van der Waals surface area contributed by atoms with E-state index in [4.69, 9.17) is 10.5 Å². The van der Waals surface area contributed by atoms with E-state index in [2.05, 4.69) is 27.2 Å². The summed E-state index contributed by atoms with van der Waals surface area (Å²) in [4.78, 5) is 20.9. The number of benzene rings is 1. The van der Waals surface area contributed by atoms with Crippen LogP contribution in [0.5, 0.6) is 5.75 Å². The number of pyridine rings is 1. The van der Waals surface area contributed by atoms with E-state index in [1.54, 1.807) is 12.4 Å². The summed E-state index contributed by atoms with van der Waals surface area (Å²) >= 11 is 0. The summed E-state index contributed by atoms with van der Waals surface area (Å²) in [7, 11) is 0. The van der Waals surface area contributed by atoms with Crippen LogP contribution in [0.4, 0.5) is 5.82 Å². The molecule has 7 heteroatoms. The summed E-state index contributed by atoms with van der Waals surface area (Å²) in [6.45, 7) is 10.6. The van der Waals surface area contributed by atoms with E-state index >= 15 is 0 Å². The van der Waals surface area contributed by atoms with Gasteiger partial charge in [0.05, 0.1) is 6.61 Å². The number of aromatic nitrogens is 1. The number of anilines is 1. The van der Waals surface area contributed by atoms with Crippen LogP contribution in [0, 0.1) is 0 Å². The molecule has 0 spiro atoms. The SMILES string of the molecule is C=C(N)/N=C\C=C(/C)c1cnc(NCc2cccc(C(=O)NC(C)C)c2)c2c1OCC2. The lowest BCUT2D eigenvalue weighted by molar-refractivity contribution is 0.0943. The summed E-state index contributed by atoms with van der Waals surface area (Å²) in [5, 5.41) is 6.31. The third-order valence-corrected chi connectivity index (χ3v) is 4.78. The highest BCUT2D eigenvalue weighted by Gasteiger charge is 2.22. The molecular weight excluding hydrogens is 390 g/mol. The zero-order valence-corrected chi connectivity index (χ0v) is 18.2. The zero-order valence-electron chi connectivity index (χ0n) is 18.2. The summed E-state index contributed by atoms with van der Waals surface area (Å²) in [6.07, 6.45) is 6.07. The van der Waals surface area contributed by atoms with Crippen molar-refractivity contribution >= 4 is 23.5 Å². The van der Waals surface area contributed by atoms with Crippen molar-refractivity contribution in [2.75, 3.05) is 11.9 Å². The minimum Gasteiger partial charge on any atom is -0.492 e. The maximum absolute atomic E-state index is 12.3. The molecule has 3 rings (SSSR count). The van der Waals surface area contributed by atoms with Crippen LogP contribution in [0.2, 0.25) is 0 Å². The molecule has 1 aliphatic heterocycles. The number of hydrogen-bond donors (Lipinski definition) is 3. The average molecular weight is 420 g/mol. The van der Waals surface area contributed by atoms with Gasteiger partial charge in [-0.1, -0.05) is 18.7 Å². The summed E-state index contributed by atoms with van der Waals surface area (Å²) < 4.78 is 5.90. The number of nitrogens with two attached hydrogens (primary N) is 1. The van der Waals surface area contributed by atoms with Crippen LogP contribution in [0.25, 0.3) is 5.57 Å². The van der Waals surface area contributed by atoms with Crippen LogP contribution >= 0.6 is 0 Å². The molecule has 162 valence electrons. The fraction of sp³-hybridized carbons (Fsp3) is 0.292. The highest BCUT2D eigenvalue weighted by atomic mass is 16.5. The molecule has 1 aromatic carbocycles. The van der Waals surface area contributed by atoms with Gasteiger partial charge in [0.15, 0.2) is 0 Å². The van der Waals surface area contributed by atoms with Crippen molar-refractivity contribution in [3.63, 3.8) is 0 Å². The second kappa shape index (κ2) is 9.93. The zero-order chi connectivity index (χ0) is 22.4. The number of hydrogen-bond acceptors (Lipinski definition) is 6. The predicted octanol–water partition coefficient (Wildman–Crippen LogP) is 3.67. The highest BCUT2D eigenvalue weighted by molar-refractivity contribution is 5.94. The van der Waals surface area contributed by atoms with Crippen LogP contribution in [-0.2, 0) is 13.0 Å². The number of amides is 1. The molecule has 0 atom stereocenters. The van der Waals surface area contributed by atoms with Crippen LogP contribution in [0.1, 0.15) is 47.8 Å². The second-order valence-corrected chi connectivity index (χ2v) is 7.73. The van der Waals surface area contributed by atoms with Crippen molar-refractivity contribution in [2.45, 2.75) is 39.8 Å². The number of allylic oxidation sites excluding steroid dienone is 2. The Morgan fingerprint density at radius 1 is 1.42 bits per heavy atom. The van der Waals surface area contributed by atoms with Gasteiger partial charge in [-0.3, -0.25) is 4.79 Å². The highest BCUT2D eigenvalue weighted by Crippen LogP contribution is 2.37. The van der Waals surface area contributed by atoms with E-state index in [0.717, 1.165) is 40.3 Å². The Morgan fingerprint density at radius 2 is 2.23 bits per heavy atom. The van der Waals surface area contributed by atoms with Gasteiger partial charge in [-0.15, -0.1) is 0 Å². The van der Waals surface area contributed by atoms with Crippen molar-refractivity contribution in [3.8, 4) is 5.75 Å². The number of ether oxygens (including phenoxy) is 1. The molecule has 7 nitrogen and oxygen atoms in total. The van der Waals surface area contributed by atoms with E-state index in [-0.39, 0.29) is 17.8 Å². The molecule has 1 amide bonds. The van der Waals surface area contributed by atoms with Gasteiger partial charge < -0.3 is 21.1 Å². The number of carbonyl (C=O) groups is 1. The van der Waals surface area contributed by atoms with Crippen LogP contribution in [0.15, 0.2) is 53.9 Å². The van der Waals surface area contributed by atoms with Crippen molar-refractivity contribution in [2.24, 2.45) is 10.7 Å². The molecule has 2 heterocycles. The summed E-state index contributed by atoms with van der Waals surface area (Å²) in [6, 6.07) is 7.69. The van der Waals surface area contributed by atoms with Gasteiger partial charge in [0.2, 0.25) is 0 Å². The topological polar surface area (TPSA) is 102 Å². The number of aliphatic imine (C=N–C) groups is 1. The van der Waals surface area contributed by atoms with Gasteiger partial charge >= 0.3 is 0 Å². The fourth-order valence-electron chi connectivity index (χ4n) is 3.31. The van der Waals surface area contributed by atoms with E-state index in [1.165, 1.54) is 0 Å². The molecule has 2 aromatic rings. The van der Waals surface area contributed by atoms with E-state index in [0.29, 0.717) is 18.7 Å². The third-order valence-electron chi connectivity index (χ3n) is 4.78. The molecule has 0 unspecified atom stereocenters. The Morgan fingerprint density at radius 3 is 2.97 bits per heavy atom. The molecule has 4 N–H and O–H groups in total. The number of rotatable bonds is 8. The second-order valence-electron chi connectivity index (χ2n) is 7.73. The molecular formula is C24H29N5O2. The van der Waals surface area contributed by atoms with Crippen molar-refractivity contribution in [1.29, 1.82) is 0 Å². The van der Waals surface area contributed by atoms with E-state index in [9.17, 15) is 4.79 Å². The van der Waals surface area contributed by atoms with Crippen molar-refractivity contribution in [1.82, 2.24) is 10.3 Å². The predicted molar refractivity (Wildman–Crippen MR) is 125 cm³/mol. The monoisotopic (exact) mass is 419 g/mol. The lowest BCUT2D eigenvalue weighted by Crippen LogP contribution is -2.30. The number of carbonyl (C=O) groups excluding carboxylic acids is 1. The quantitative estimate of drug-likeness (QED) is 0.567. The summed E-state index contributed by atoms with van der Waals surface area (Å²) in [5.74, 6) is 1.83. The number of nitrogens with one attached hydrogen (secondary N) is 2. The molecule has 0 bridgehead atoms. The van der Waals surface area contributed by atoms with Gasteiger partial charge in [-0.25, -0.2) is 9.98 Å². The van der Waals surface area contributed by atoms with Crippen LogP contribution < -0.4 is 21.1 Å². The maximum Gasteiger partial charge on any atom is 0.251 e. The van der Waals surface area contributed by atoms with Crippen molar-refractivity contribution in [3.05, 3.63) is 71.2 Å². The molecule has 1 aromatic heterocycles. The Balaban J connectivity index is 1.76. The lowest BCUT2D eigenvalue weighted by Gasteiger charge is -2.14. The van der Waals surface area contributed by atoms with Gasteiger partial charge in [0.25, 0.3) is 5.91 Å². The minimum absolute atomic E-state index is 0.0716. The Bertz CT molecular complexity index is 1040. The first-order valence-electron chi connectivity index (χ1n) is 10.3. The molecule has 31 heavy (non-hydrogen) atoms. The first-order valence-corrected chi connectivity index (χ1v) is 10.3. The normalized spacial score (nSPS) is 13.2. The standard InChI is InChI=1S/C24H29N5O2/c1-15(2)29-24(30)19-7-5-6-18(12-19)13-27-23-20-9-11-31-22(20)21(14-28-23)16(3)8-10-26-17(4)25/h5-8,10,12,14-15H,4,9,11,13,25H2,1-3H3,(H,27,28)(H,29,30)/b16-8+,26-10-. The van der Waals surface area contributed by atoms with Gasteiger partial charge in [-0.05, 0) is 50.1 Å². The smallest absolute Gasteiger partial charge is 0.251 e. The Labute approximate surface area is 183 Å². The third kappa shape index (κ3) is 5.72. The molecule has 1 aliphatic rings. The van der Waals surface area contributed by atoms with Crippen molar-refractivity contribution < 1.29 is 9.53 Å². The Hall–Kier alpha value is -3.61. The largest absolute Gasteiger partial charge is 0.492 e. The fourth-order valence-corrected chi connectivity index (χ4v) is 3.31. The minimum atomic E-state index is -0.0716. The Kier molecular flexibility index (Phi) is 7.07. The van der Waals surface area contributed by atoms with E-state index in [1.807, 2.05) is 51.1 Å². The molecule has 0 saturated carbocycles. The van der Waals surface area contributed by atoms with Gasteiger partial charge in [-0.2, -0.15) is 0 Å². The maximum atomic E-state index is 12.3. The first kappa shape index (κ1) is 22.1. The molecule has 0 fully saturated rings. The van der Waals surface area contributed by atoms with Gasteiger partial charge in [0, 0.05) is 48.1 Å². The summed E-state index contributed by atoms with van der Waals surface area (Å²) in [5.41, 5.74) is 10.1. The lowest BCUT2D eigenvalue weighted by atomic mass is 10.0.